The summed E-state index contributed by atoms with van der Waals surface area (Å²) in [6.45, 7) is 3.52. The molecule has 7 nitrogen and oxygen atoms in total. The Morgan fingerprint density at radius 2 is 2.17 bits per heavy atom. The molecule has 1 N–H and O–H groups in total. The number of aryl methyl sites for hydroxylation is 1. The van der Waals surface area contributed by atoms with Gasteiger partial charge in [0.2, 0.25) is 0 Å². The van der Waals surface area contributed by atoms with E-state index >= 15 is 0 Å². The van der Waals surface area contributed by atoms with Crippen LogP contribution >= 0.6 is 0 Å². The second-order valence-electron chi connectivity index (χ2n) is 5.85. The van der Waals surface area contributed by atoms with E-state index in [1.165, 1.54) is 0 Å². The molecule has 1 fully saturated rings. The van der Waals surface area contributed by atoms with Crippen LogP contribution in [0.4, 0.5) is 11.6 Å². The Bertz CT molecular complexity index is 682. The molecule has 0 radical (unpaired) electrons. The van der Waals surface area contributed by atoms with Crippen molar-refractivity contribution in [1.82, 2.24) is 15.0 Å². The minimum atomic E-state index is 0.192. The highest BCUT2D eigenvalue weighted by molar-refractivity contribution is 5.50. The first-order chi connectivity index (χ1) is 11.7. The maximum atomic E-state index is 5.57. The lowest BCUT2D eigenvalue weighted by Crippen LogP contribution is -2.36. The van der Waals surface area contributed by atoms with Crippen molar-refractivity contribution in [3.05, 3.63) is 36.4 Å². The molecule has 0 aromatic carbocycles. The molecule has 7 heteroatoms. The number of rotatable bonds is 6. The molecule has 2 atom stereocenters. The summed E-state index contributed by atoms with van der Waals surface area (Å²) in [5, 5.41) is 3.39. The highest BCUT2D eigenvalue weighted by atomic mass is 16.5. The maximum absolute atomic E-state index is 5.57. The number of nitrogens with one attached hydrogen (secondary N) is 1. The van der Waals surface area contributed by atoms with E-state index in [4.69, 9.17) is 9.47 Å². The van der Waals surface area contributed by atoms with Gasteiger partial charge in [0.1, 0.15) is 12.1 Å². The zero-order valence-electron chi connectivity index (χ0n) is 14.3. The predicted molar refractivity (Wildman–Crippen MR) is 92.6 cm³/mol. The van der Waals surface area contributed by atoms with E-state index in [9.17, 15) is 0 Å². The van der Waals surface area contributed by atoms with Crippen LogP contribution in [0.3, 0.4) is 0 Å². The fourth-order valence-corrected chi connectivity index (χ4v) is 3.02. The fraction of sp³-hybridized carbons (Fsp3) is 0.471. The van der Waals surface area contributed by atoms with Gasteiger partial charge < -0.3 is 19.7 Å². The molecule has 1 saturated heterocycles. The van der Waals surface area contributed by atoms with Crippen LogP contribution in [-0.4, -0.2) is 54.4 Å². The van der Waals surface area contributed by atoms with Crippen LogP contribution in [0, 0.1) is 6.92 Å². The molecular formula is C17H23N5O2. The predicted octanol–water partition coefficient (Wildman–Crippen LogP) is 1.89. The molecule has 1 aliphatic rings. The Labute approximate surface area is 142 Å². The summed E-state index contributed by atoms with van der Waals surface area (Å²) in [4.78, 5) is 15.2. The zero-order chi connectivity index (χ0) is 16.9. The van der Waals surface area contributed by atoms with Gasteiger partial charge in [-0.2, -0.15) is 0 Å². The first-order valence-electron chi connectivity index (χ1n) is 8.02. The molecule has 0 unspecified atom stereocenters. The van der Waals surface area contributed by atoms with Crippen LogP contribution in [0.1, 0.15) is 12.1 Å². The topological polar surface area (TPSA) is 72.4 Å². The van der Waals surface area contributed by atoms with Crippen LogP contribution in [0.5, 0.6) is 5.75 Å². The smallest absolute Gasteiger partial charge is 0.168 e. The Morgan fingerprint density at radius 3 is 2.92 bits per heavy atom. The monoisotopic (exact) mass is 329 g/mol. The fourth-order valence-electron chi connectivity index (χ4n) is 3.02. The van der Waals surface area contributed by atoms with Crippen molar-refractivity contribution in [2.45, 2.75) is 25.5 Å². The Balaban J connectivity index is 1.74. The maximum Gasteiger partial charge on any atom is 0.168 e. The van der Waals surface area contributed by atoms with Gasteiger partial charge in [0.15, 0.2) is 11.6 Å². The average molecular weight is 329 g/mol. The summed E-state index contributed by atoms with van der Waals surface area (Å²) < 4.78 is 10.9. The van der Waals surface area contributed by atoms with Crippen LogP contribution in [0.15, 0.2) is 30.7 Å². The lowest BCUT2D eigenvalue weighted by atomic mass is 10.2. The molecule has 0 amide bonds. The molecule has 0 saturated carbocycles. The van der Waals surface area contributed by atoms with E-state index in [-0.39, 0.29) is 12.1 Å². The molecule has 0 bridgehead atoms. The first-order valence-corrected chi connectivity index (χ1v) is 8.02. The van der Waals surface area contributed by atoms with Crippen LogP contribution in [0.2, 0.25) is 0 Å². The lowest BCUT2D eigenvalue weighted by molar-refractivity contribution is 0.118. The minimum Gasteiger partial charge on any atom is -0.493 e. The van der Waals surface area contributed by atoms with Gasteiger partial charge in [-0.05, 0) is 25.5 Å². The van der Waals surface area contributed by atoms with Gasteiger partial charge in [-0.3, -0.25) is 0 Å². The number of aromatic nitrogens is 3. The van der Waals surface area contributed by atoms with Gasteiger partial charge in [-0.25, -0.2) is 15.0 Å². The van der Waals surface area contributed by atoms with Crippen molar-refractivity contribution in [1.29, 1.82) is 0 Å². The van der Waals surface area contributed by atoms with Gasteiger partial charge in [0, 0.05) is 38.2 Å². The van der Waals surface area contributed by atoms with E-state index in [0.717, 1.165) is 42.6 Å². The third-order valence-electron chi connectivity index (χ3n) is 4.29. The van der Waals surface area contributed by atoms with Gasteiger partial charge in [0.05, 0.1) is 19.3 Å². The molecule has 3 rings (SSSR count). The summed E-state index contributed by atoms with van der Waals surface area (Å²) in [6.07, 6.45) is 4.49. The number of hydrogen-bond donors (Lipinski definition) is 1. The Morgan fingerprint density at radius 1 is 1.29 bits per heavy atom. The van der Waals surface area contributed by atoms with Crippen molar-refractivity contribution < 1.29 is 9.47 Å². The molecule has 0 spiro atoms. The normalized spacial score (nSPS) is 20.2. The van der Waals surface area contributed by atoms with Gasteiger partial charge in [-0.1, -0.05) is 0 Å². The Kier molecular flexibility index (Phi) is 5.10. The minimum absolute atomic E-state index is 0.192. The third-order valence-corrected chi connectivity index (χ3v) is 4.29. The largest absolute Gasteiger partial charge is 0.493 e. The number of ether oxygens (including phenoxy) is 2. The molecular weight excluding hydrogens is 306 g/mol. The number of nitrogens with zero attached hydrogens (tertiary/aromatic N) is 4. The van der Waals surface area contributed by atoms with Gasteiger partial charge in [0.25, 0.3) is 0 Å². The van der Waals surface area contributed by atoms with Gasteiger partial charge >= 0.3 is 0 Å². The lowest BCUT2D eigenvalue weighted by Gasteiger charge is -2.26. The molecule has 1 aliphatic heterocycles. The second-order valence-corrected chi connectivity index (χ2v) is 5.85. The second kappa shape index (κ2) is 7.44. The highest BCUT2D eigenvalue weighted by Crippen LogP contribution is 2.27. The van der Waals surface area contributed by atoms with Crippen molar-refractivity contribution in [2.75, 3.05) is 37.5 Å². The summed E-state index contributed by atoms with van der Waals surface area (Å²) in [5.74, 6) is 2.42. The third kappa shape index (κ3) is 3.56. The SMILES string of the molecule is COc1cccnc1NC[C@@H]1C[C@H](OC)CN1c1cc(C)ncn1. The summed E-state index contributed by atoms with van der Waals surface area (Å²) in [5.41, 5.74) is 0.957. The van der Waals surface area contributed by atoms with Crippen LogP contribution < -0.4 is 15.0 Å². The summed E-state index contributed by atoms with van der Waals surface area (Å²) >= 11 is 0. The number of methoxy groups -OCH3 is 2. The van der Waals surface area contributed by atoms with Crippen molar-refractivity contribution >= 4 is 11.6 Å². The molecule has 2 aromatic heterocycles. The van der Waals surface area contributed by atoms with E-state index in [0.29, 0.717) is 0 Å². The molecule has 0 aliphatic carbocycles. The summed E-state index contributed by atoms with van der Waals surface area (Å²) in [7, 11) is 3.40. The summed E-state index contributed by atoms with van der Waals surface area (Å²) in [6, 6.07) is 6.02. The number of anilines is 2. The van der Waals surface area contributed by atoms with E-state index in [1.54, 1.807) is 26.7 Å². The standard InChI is InChI=1S/C17H23N5O2/c1-12-7-16(21-11-20-12)22-10-14(23-2)8-13(22)9-19-17-15(24-3)5-4-6-18-17/h4-7,11,13-14H,8-10H2,1-3H3,(H,18,19)/t13-,14-/m0/s1. The average Bonchev–Trinajstić information content (AvgIpc) is 3.03. The van der Waals surface area contributed by atoms with E-state index in [2.05, 4.69) is 25.2 Å². The highest BCUT2D eigenvalue weighted by Gasteiger charge is 2.33. The van der Waals surface area contributed by atoms with E-state index < -0.39 is 0 Å². The molecule has 3 heterocycles. The Hall–Kier alpha value is -2.41. The molecule has 128 valence electrons. The molecule has 24 heavy (non-hydrogen) atoms. The quantitative estimate of drug-likeness (QED) is 0.867. The zero-order valence-corrected chi connectivity index (χ0v) is 14.3. The van der Waals surface area contributed by atoms with Crippen LogP contribution in [-0.2, 0) is 4.74 Å². The number of hydrogen-bond acceptors (Lipinski definition) is 7. The number of pyridine rings is 1. The van der Waals surface area contributed by atoms with Gasteiger partial charge in [-0.15, -0.1) is 0 Å². The first kappa shape index (κ1) is 16.4. The van der Waals surface area contributed by atoms with Crippen molar-refractivity contribution in [2.24, 2.45) is 0 Å². The van der Waals surface area contributed by atoms with Crippen LogP contribution in [0.25, 0.3) is 0 Å². The molecule has 2 aromatic rings. The van der Waals surface area contributed by atoms with Crippen molar-refractivity contribution in [3.63, 3.8) is 0 Å². The van der Waals surface area contributed by atoms with E-state index in [1.807, 2.05) is 25.1 Å². The van der Waals surface area contributed by atoms with Crippen molar-refractivity contribution in [3.8, 4) is 5.75 Å².